The van der Waals surface area contributed by atoms with Crippen LogP contribution in [0.5, 0.6) is 0 Å². The Balaban J connectivity index is 1.22. The van der Waals surface area contributed by atoms with E-state index in [1.807, 2.05) is 79.1 Å². The molecule has 0 unspecified atom stereocenters. The molecule has 0 saturated carbocycles. The highest BCUT2D eigenvalue weighted by atomic mass is 16.3. The van der Waals surface area contributed by atoms with E-state index in [4.69, 9.17) is 13.3 Å². The van der Waals surface area contributed by atoms with Gasteiger partial charge in [-0.2, -0.15) is 0 Å². The van der Waals surface area contributed by atoms with Crippen LogP contribution in [0.2, 0.25) is 0 Å². The average molecular weight is 503 g/mol. The van der Waals surface area contributed by atoms with Gasteiger partial charge >= 0.3 is 0 Å². The molecule has 9 rings (SSSR count). The molecular weight excluding hydrogens is 484 g/mol. The van der Waals surface area contributed by atoms with Gasteiger partial charge < -0.3 is 13.3 Å². The summed E-state index contributed by atoms with van der Waals surface area (Å²) in [4.78, 5) is 9.29. The summed E-state index contributed by atoms with van der Waals surface area (Å²) in [6.45, 7) is 0. The summed E-state index contributed by atoms with van der Waals surface area (Å²) in [6, 6.07) is 32.6. The van der Waals surface area contributed by atoms with Crippen molar-refractivity contribution in [1.29, 1.82) is 0 Å². The summed E-state index contributed by atoms with van der Waals surface area (Å²) in [7, 11) is 0. The van der Waals surface area contributed by atoms with Gasteiger partial charge in [0.25, 0.3) is 0 Å². The van der Waals surface area contributed by atoms with Gasteiger partial charge in [0.2, 0.25) is 0 Å². The Morgan fingerprint density at radius 2 is 1.15 bits per heavy atom. The van der Waals surface area contributed by atoms with E-state index in [0.29, 0.717) is 0 Å². The summed E-state index contributed by atoms with van der Waals surface area (Å²) in [5, 5.41) is 5.25. The van der Waals surface area contributed by atoms with E-state index in [0.717, 1.165) is 88.3 Å². The Labute approximate surface area is 220 Å². The van der Waals surface area contributed by atoms with Gasteiger partial charge in [-0.3, -0.25) is 9.97 Å². The summed E-state index contributed by atoms with van der Waals surface area (Å²) < 4.78 is 18.8. The first-order chi connectivity index (χ1) is 19.3. The first-order valence-electron chi connectivity index (χ1n) is 12.8. The van der Waals surface area contributed by atoms with Gasteiger partial charge in [-0.05, 0) is 60.2 Å². The predicted molar refractivity (Wildman–Crippen MR) is 155 cm³/mol. The van der Waals surface area contributed by atoms with E-state index in [-0.39, 0.29) is 0 Å². The van der Waals surface area contributed by atoms with E-state index in [9.17, 15) is 0 Å². The highest BCUT2D eigenvalue weighted by Crippen LogP contribution is 2.39. The molecule has 0 N–H and O–H groups in total. The number of aromatic nitrogens is 2. The largest absolute Gasteiger partial charge is 0.456 e. The van der Waals surface area contributed by atoms with Gasteiger partial charge in [-0.1, -0.05) is 42.5 Å². The molecule has 182 valence electrons. The van der Waals surface area contributed by atoms with Gasteiger partial charge in [-0.25, -0.2) is 0 Å². The highest BCUT2D eigenvalue weighted by Gasteiger charge is 2.17. The van der Waals surface area contributed by atoms with Crippen molar-refractivity contribution in [3.05, 3.63) is 109 Å². The Kier molecular flexibility index (Phi) is 3.99. The zero-order chi connectivity index (χ0) is 25.5. The summed E-state index contributed by atoms with van der Waals surface area (Å²) in [5.41, 5.74) is 9.57. The standard InChI is InChI=1S/C34H18N2O3/c1-3-7-27-22(5-1)24-14-16-35-31(34(24)38-27)20-9-11-23-26-17-19(10-12-29(26)37-30(23)18-20)21-13-15-36-32-25-6-2-4-8-28(25)39-33(21)32/h1-18H. The molecule has 0 bridgehead atoms. The SMILES string of the molecule is c1ccc2c(c1)oc1c(-c3ccc4c(c3)oc3ccc(-c5ccnc6c5oc5ccccc56)cc34)nccc12. The number of hydrogen-bond acceptors (Lipinski definition) is 5. The number of pyridine rings is 2. The fraction of sp³-hybridized carbons (Fsp3) is 0. The second-order valence-corrected chi connectivity index (χ2v) is 9.79. The lowest BCUT2D eigenvalue weighted by atomic mass is 10.0. The van der Waals surface area contributed by atoms with Crippen LogP contribution in [0.15, 0.2) is 123 Å². The normalized spacial score (nSPS) is 12.1. The van der Waals surface area contributed by atoms with Crippen molar-refractivity contribution in [2.24, 2.45) is 0 Å². The lowest BCUT2D eigenvalue weighted by Crippen LogP contribution is -1.83. The van der Waals surface area contributed by atoms with Crippen molar-refractivity contribution in [3.63, 3.8) is 0 Å². The lowest BCUT2D eigenvalue weighted by molar-refractivity contribution is 0.666. The minimum Gasteiger partial charge on any atom is -0.456 e. The monoisotopic (exact) mass is 502 g/mol. The van der Waals surface area contributed by atoms with E-state index in [2.05, 4.69) is 40.3 Å². The maximum atomic E-state index is 6.32. The topological polar surface area (TPSA) is 65.2 Å². The molecule has 5 aromatic heterocycles. The van der Waals surface area contributed by atoms with Crippen molar-refractivity contribution in [2.75, 3.05) is 0 Å². The molecule has 5 nitrogen and oxygen atoms in total. The Morgan fingerprint density at radius 1 is 0.436 bits per heavy atom. The molecule has 0 atom stereocenters. The lowest BCUT2D eigenvalue weighted by Gasteiger charge is -2.03. The minimum absolute atomic E-state index is 0.781. The van der Waals surface area contributed by atoms with Crippen LogP contribution in [-0.2, 0) is 0 Å². The zero-order valence-electron chi connectivity index (χ0n) is 20.5. The average Bonchev–Trinajstić information content (AvgIpc) is 3.67. The van der Waals surface area contributed by atoms with Crippen molar-refractivity contribution in [2.45, 2.75) is 0 Å². The summed E-state index contributed by atoms with van der Waals surface area (Å²) in [6.07, 6.45) is 3.68. The molecule has 9 aromatic rings. The molecule has 0 amide bonds. The van der Waals surface area contributed by atoms with Gasteiger partial charge in [0, 0.05) is 50.5 Å². The molecule has 0 aliphatic carbocycles. The number of rotatable bonds is 2. The van der Waals surface area contributed by atoms with Gasteiger partial charge in [0.1, 0.15) is 33.5 Å². The fourth-order valence-corrected chi connectivity index (χ4v) is 5.78. The van der Waals surface area contributed by atoms with E-state index in [1.165, 1.54) is 0 Å². The number of para-hydroxylation sites is 2. The van der Waals surface area contributed by atoms with E-state index < -0.39 is 0 Å². The molecule has 0 fully saturated rings. The molecular formula is C34H18N2O3. The Bertz CT molecular complexity index is 2410. The highest BCUT2D eigenvalue weighted by molar-refractivity contribution is 6.12. The van der Waals surface area contributed by atoms with Crippen molar-refractivity contribution >= 4 is 65.9 Å². The second kappa shape index (κ2) is 7.55. The quantitative estimate of drug-likeness (QED) is 0.235. The zero-order valence-corrected chi connectivity index (χ0v) is 20.5. The van der Waals surface area contributed by atoms with Crippen molar-refractivity contribution in [1.82, 2.24) is 9.97 Å². The fourth-order valence-electron chi connectivity index (χ4n) is 5.78. The van der Waals surface area contributed by atoms with Gasteiger partial charge in [0.15, 0.2) is 11.2 Å². The molecule has 0 aliphatic rings. The molecule has 4 aromatic carbocycles. The molecule has 5 heterocycles. The van der Waals surface area contributed by atoms with Crippen LogP contribution in [-0.4, -0.2) is 9.97 Å². The molecule has 0 aliphatic heterocycles. The number of hydrogen-bond donors (Lipinski definition) is 0. The third-order valence-corrected chi connectivity index (χ3v) is 7.61. The van der Waals surface area contributed by atoms with E-state index >= 15 is 0 Å². The van der Waals surface area contributed by atoms with Gasteiger partial charge in [-0.15, -0.1) is 0 Å². The third-order valence-electron chi connectivity index (χ3n) is 7.61. The summed E-state index contributed by atoms with van der Waals surface area (Å²) >= 11 is 0. The molecule has 0 spiro atoms. The first-order valence-corrected chi connectivity index (χ1v) is 12.8. The number of nitrogens with zero attached hydrogens (tertiary/aromatic N) is 2. The smallest absolute Gasteiger partial charge is 0.161 e. The number of furan rings is 3. The first kappa shape index (κ1) is 20.6. The minimum atomic E-state index is 0.781. The maximum absolute atomic E-state index is 6.32. The predicted octanol–water partition coefficient (Wildman–Crippen LogP) is 9.51. The van der Waals surface area contributed by atoms with Crippen molar-refractivity contribution < 1.29 is 13.3 Å². The molecule has 5 heteroatoms. The van der Waals surface area contributed by atoms with Gasteiger partial charge in [0.05, 0.1) is 0 Å². The Morgan fingerprint density at radius 3 is 2.08 bits per heavy atom. The number of benzene rings is 4. The summed E-state index contributed by atoms with van der Waals surface area (Å²) in [5.74, 6) is 0. The molecule has 39 heavy (non-hydrogen) atoms. The molecule has 0 saturated heterocycles. The van der Waals surface area contributed by atoms with Crippen LogP contribution >= 0.6 is 0 Å². The van der Waals surface area contributed by atoms with Crippen molar-refractivity contribution in [3.8, 4) is 22.4 Å². The van der Waals surface area contributed by atoms with Crippen LogP contribution in [0.3, 0.4) is 0 Å². The number of fused-ring (bicyclic) bond motifs is 9. The third kappa shape index (κ3) is 2.90. The molecule has 0 radical (unpaired) electrons. The van der Waals surface area contributed by atoms with Crippen LogP contribution in [0, 0.1) is 0 Å². The maximum Gasteiger partial charge on any atom is 0.161 e. The van der Waals surface area contributed by atoms with Crippen LogP contribution in [0.25, 0.3) is 88.3 Å². The van der Waals surface area contributed by atoms with Crippen LogP contribution in [0.1, 0.15) is 0 Å². The van der Waals surface area contributed by atoms with Crippen LogP contribution < -0.4 is 0 Å². The Hall–Kier alpha value is -5.42. The second-order valence-electron chi connectivity index (χ2n) is 9.79. The van der Waals surface area contributed by atoms with Crippen LogP contribution in [0.4, 0.5) is 0 Å². The van der Waals surface area contributed by atoms with E-state index in [1.54, 1.807) is 0 Å².